The number of nitrogens with zero attached hydrogens (tertiary/aromatic N) is 3. The van der Waals surface area contributed by atoms with Crippen LogP contribution in [0, 0.1) is 5.82 Å². The fraction of sp³-hybridized carbons (Fsp3) is 0.357. The van der Waals surface area contributed by atoms with Crippen LogP contribution >= 0.6 is 27.5 Å². The molecule has 2 N–H and O–H groups in total. The summed E-state index contributed by atoms with van der Waals surface area (Å²) in [4.78, 5) is 2.03. The molecule has 0 saturated carbocycles. The van der Waals surface area contributed by atoms with Gasteiger partial charge in [-0.1, -0.05) is 33.6 Å². The van der Waals surface area contributed by atoms with Crippen molar-refractivity contribution >= 4 is 27.5 Å². The molecule has 0 radical (unpaired) electrons. The first-order chi connectivity index (χ1) is 9.90. The topological polar surface area (TPSA) is 47.1 Å². The van der Waals surface area contributed by atoms with Gasteiger partial charge in [-0.15, -0.1) is 0 Å². The molecule has 0 saturated heterocycles. The van der Waals surface area contributed by atoms with Crippen molar-refractivity contribution in [2.24, 2.45) is 5.73 Å². The summed E-state index contributed by atoms with van der Waals surface area (Å²) in [5.41, 5.74) is 7.23. The van der Waals surface area contributed by atoms with Crippen molar-refractivity contribution in [3.8, 4) is 0 Å². The highest BCUT2D eigenvalue weighted by molar-refractivity contribution is 9.10. The number of aromatic nitrogens is 2. The van der Waals surface area contributed by atoms with Gasteiger partial charge in [0.25, 0.3) is 0 Å². The number of hydrogen-bond acceptors (Lipinski definition) is 3. The van der Waals surface area contributed by atoms with Crippen LogP contribution in [0.4, 0.5) is 4.39 Å². The van der Waals surface area contributed by atoms with E-state index in [1.54, 1.807) is 23.0 Å². The van der Waals surface area contributed by atoms with Crippen LogP contribution < -0.4 is 5.73 Å². The lowest BCUT2D eigenvalue weighted by Crippen LogP contribution is -2.24. The summed E-state index contributed by atoms with van der Waals surface area (Å²) in [7, 11) is 3.94. The van der Waals surface area contributed by atoms with E-state index in [-0.39, 0.29) is 5.82 Å². The minimum absolute atomic E-state index is 0.367. The van der Waals surface area contributed by atoms with Gasteiger partial charge in [0.1, 0.15) is 5.82 Å². The molecule has 2 aromatic rings. The zero-order valence-electron chi connectivity index (χ0n) is 11.9. The summed E-state index contributed by atoms with van der Waals surface area (Å²) < 4.78 is 16.5. The molecule has 0 spiro atoms. The van der Waals surface area contributed by atoms with Gasteiger partial charge in [0.05, 0.1) is 29.5 Å². The molecule has 0 aliphatic heterocycles. The van der Waals surface area contributed by atoms with Crippen LogP contribution in [0.3, 0.4) is 0 Å². The SMILES string of the molecule is CN(C)CCn1ncc(Cl)c1C(N)c1ccc(Br)cc1F. The summed E-state index contributed by atoms with van der Waals surface area (Å²) in [5.74, 6) is -0.367. The zero-order chi connectivity index (χ0) is 15.6. The largest absolute Gasteiger partial charge is 0.319 e. The van der Waals surface area contributed by atoms with Crippen molar-refractivity contribution < 1.29 is 4.39 Å². The third-order valence-electron chi connectivity index (χ3n) is 3.18. The number of hydrogen-bond donors (Lipinski definition) is 1. The molecular formula is C14H17BrClFN4. The average Bonchev–Trinajstić information content (AvgIpc) is 2.77. The summed E-state index contributed by atoms with van der Waals surface area (Å²) >= 11 is 9.41. The van der Waals surface area contributed by atoms with E-state index >= 15 is 0 Å². The van der Waals surface area contributed by atoms with Crippen LogP contribution in [0.25, 0.3) is 0 Å². The summed E-state index contributed by atoms with van der Waals surface area (Å²) in [6, 6.07) is 4.15. The van der Waals surface area contributed by atoms with Gasteiger partial charge in [-0.2, -0.15) is 5.10 Å². The molecular weight excluding hydrogens is 359 g/mol. The normalized spacial score (nSPS) is 12.9. The Labute approximate surface area is 136 Å². The second kappa shape index (κ2) is 6.87. The van der Waals surface area contributed by atoms with Gasteiger partial charge in [0, 0.05) is 16.6 Å². The molecule has 0 bridgehead atoms. The maximum Gasteiger partial charge on any atom is 0.129 e. The average molecular weight is 376 g/mol. The predicted octanol–water partition coefficient (Wildman–Crippen LogP) is 3.05. The second-order valence-corrected chi connectivity index (χ2v) is 6.37. The van der Waals surface area contributed by atoms with Gasteiger partial charge in [-0.25, -0.2) is 4.39 Å². The standard InChI is InChI=1S/C14H17BrClFN4/c1-20(2)5-6-21-14(11(16)8-19-21)13(18)10-4-3-9(15)7-12(10)17/h3-4,7-8,13H,5-6,18H2,1-2H3. The molecule has 1 aromatic carbocycles. The molecule has 0 aliphatic carbocycles. The van der Waals surface area contributed by atoms with Crippen molar-refractivity contribution in [2.75, 3.05) is 20.6 Å². The molecule has 1 heterocycles. The van der Waals surface area contributed by atoms with Crippen molar-refractivity contribution in [3.05, 3.63) is 51.0 Å². The molecule has 2 rings (SSSR count). The molecule has 0 aliphatic rings. The minimum atomic E-state index is -0.657. The maximum absolute atomic E-state index is 14.1. The third kappa shape index (κ3) is 3.83. The molecule has 4 nitrogen and oxygen atoms in total. The Balaban J connectivity index is 2.34. The summed E-state index contributed by atoms with van der Waals surface area (Å²) in [6.07, 6.45) is 1.54. The lowest BCUT2D eigenvalue weighted by molar-refractivity contribution is 0.367. The molecule has 1 atom stereocenters. The fourth-order valence-electron chi connectivity index (χ4n) is 2.06. The Bertz CT molecular complexity index is 629. The van der Waals surface area contributed by atoms with Gasteiger partial charge in [0.15, 0.2) is 0 Å². The van der Waals surface area contributed by atoms with Crippen molar-refractivity contribution in [1.82, 2.24) is 14.7 Å². The molecule has 114 valence electrons. The lowest BCUT2D eigenvalue weighted by atomic mass is 10.0. The number of nitrogens with two attached hydrogens (primary N) is 1. The molecule has 7 heteroatoms. The van der Waals surface area contributed by atoms with Crippen molar-refractivity contribution in [2.45, 2.75) is 12.6 Å². The van der Waals surface area contributed by atoms with Crippen LogP contribution in [0.1, 0.15) is 17.3 Å². The number of halogens is 3. The zero-order valence-corrected chi connectivity index (χ0v) is 14.2. The monoisotopic (exact) mass is 374 g/mol. The van der Waals surface area contributed by atoms with Gasteiger partial charge in [-0.3, -0.25) is 4.68 Å². The first-order valence-corrected chi connectivity index (χ1v) is 7.63. The molecule has 1 unspecified atom stereocenters. The second-order valence-electron chi connectivity index (χ2n) is 5.05. The molecule has 1 aromatic heterocycles. The number of likely N-dealkylation sites (N-methyl/N-ethyl adjacent to an activating group) is 1. The summed E-state index contributed by atoms with van der Waals surface area (Å²) in [6.45, 7) is 1.43. The van der Waals surface area contributed by atoms with E-state index in [1.165, 1.54) is 6.07 Å². The Morgan fingerprint density at radius 2 is 2.19 bits per heavy atom. The van der Waals surface area contributed by atoms with E-state index in [4.69, 9.17) is 17.3 Å². The highest BCUT2D eigenvalue weighted by Crippen LogP contribution is 2.29. The Kier molecular flexibility index (Phi) is 5.37. The predicted molar refractivity (Wildman–Crippen MR) is 85.9 cm³/mol. The van der Waals surface area contributed by atoms with E-state index in [2.05, 4.69) is 21.0 Å². The minimum Gasteiger partial charge on any atom is -0.319 e. The first kappa shape index (κ1) is 16.4. The lowest BCUT2D eigenvalue weighted by Gasteiger charge is -2.17. The molecule has 0 fully saturated rings. The summed E-state index contributed by atoms with van der Waals surface area (Å²) in [5, 5.41) is 4.68. The third-order valence-corrected chi connectivity index (χ3v) is 3.97. The van der Waals surface area contributed by atoms with Crippen molar-refractivity contribution in [1.29, 1.82) is 0 Å². The Morgan fingerprint density at radius 3 is 2.81 bits per heavy atom. The van der Waals surface area contributed by atoms with Crippen LogP contribution in [0.15, 0.2) is 28.9 Å². The van der Waals surface area contributed by atoms with E-state index in [9.17, 15) is 4.39 Å². The highest BCUT2D eigenvalue weighted by atomic mass is 79.9. The van der Waals surface area contributed by atoms with Gasteiger partial charge in [-0.05, 0) is 26.2 Å². The molecule has 0 amide bonds. The quantitative estimate of drug-likeness (QED) is 0.874. The van der Waals surface area contributed by atoms with Gasteiger partial charge < -0.3 is 10.6 Å². The maximum atomic E-state index is 14.1. The number of benzene rings is 1. The van der Waals surface area contributed by atoms with E-state index < -0.39 is 6.04 Å². The van der Waals surface area contributed by atoms with Crippen LogP contribution in [0.5, 0.6) is 0 Å². The Hall–Kier alpha value is -0.950. The van der Waals surface area contributed by atoms with E-state index in [0.717, 1.165) is 6.54 Å². The van der Waals surface area contributed by atoms with Gasteiger partial charge in [0.2, 0.25) is 0 Å². The van der Waals surface area contributed by atoms with Crippen LogP contribution in [-0.4, -0.2) is 35.3 Å². The van der Waals surface area contributed by atoms with Crippen LogP contribution in [-0.2, 0) is 6.54 Å². The van der Waals surface area contributed by atoms with Crippen LogP contribution in [0.2, 0.25) is 5.02 Å². The van der Waals surface area contributed by atoms with Crippen molar-refractivity contribution in [3.63, 3.8) is 0 Å². The van der Waals surface area contributed by atoms with Gasteiger partial charge >= 0.3 is 0 Å². The van der Waals surface area contributed by atoms with E-state index in [0.29, 0.717) is 27.3 Å². The molecule has 21 heavy (non-hydrogen) atoms. The highest BCUT2D eigenvalue weighted by Gasteiger charge is 2.21. The number of rotatable bonds is 5. The smallest absolute Gasteiger partial charge is 0.129 e. The van der Waals surface area contributed by atoms with E-state index in [1.807, 2.05) is 19.0 Å². The first-order valence-electron chi connectivity index (χ1n) is 6.46. The Morgan fingerprint density at radius 1 is 1.48 bits per heavy atom. The fourth-order valence-corrected chi connectivity index (χ4v) is 2.65.